The van der Waals surface area contributed by atoms with Crippen molar-refractivity contribution in [2.45, 2.75) is 26.3 Å². The fraction of sp³-hybridized carbons (Fsp3) is 0.294. The van der Waals surface area contributed by atoms with Gasteiger partial charge < -0.3 is 10.4 Å². The molecule has 2 heteroatoms. The van der Waals surface area contributed by atoms with Crippen molar-refractivity contribution in [3.8, 4) is 5.75 Å². The highest BCUT2D eigenvalue weighted by atomic mass is 16.3. The number of rotatable bonds is 5. The quantitative estimate of drug-likeness (QED) is 0.855. The first-order chi connectivity index (χ1) is 9.19. The lowest BCUT2D eigenvalue weighted by Gasteiger charge is -2.19. The fourth-order valence-corrected chi connectivity index (χ4v) is 2.22. The van der Waals surface area contributed by atoms with Crippen LogP contribution in [0, 0.1) is 6.92 Å². The molecule has 2 aromatic rings. The third kappa shape index (κ3) is 3.83. The van der Waals surface area contributed by atoms with Crippen molar-refractivity contribution in [1.82, 2.24) is 5.32 Å². The lowest BCUT2D eigenvalue weighted by Crippen LogP contribution is -2.22. The summed E-state index contributed by atoms with van der Waals surface area (Å²) in [7, 11) is 0. The second-order valence-corrected chi connectivity index (χ2v) is 4.89. The Bertz CT molecular complexity index is 502. The molecule has 0 aromatic heterocycles. The van der Waals surface area contributed by atoms with Crippen LogP contribution in [-0.2, 0) is 6.42 Å². The first kappa shape index (κ1) is 13.6. The third-order valence-corrected chi connectivity index (χ3v) is 3.31. The van der Waals surface area contributed by atoms with Crippen molar-refractivity contribution < 1.29 is 5.11 Å². The SMILES string of the molecule is CCNC(Cc1ccc(O)cc1)c1ccc(C)cc1. The van der Waals surface area contributed by atoms with Gasteiger partial charge in [0.1, 0.15) is 5.75 Å². The summed E-state index contributed by atoms with van der Waals surface area (Å²) in [4.78, 5) is 0. The minimum absolute atomic E-state index is 0.315. The van der Waals surface area contributed by atoms with E-state index in [0.717, 1.165) is 13.0 Å². The van der Waals surface area contributed by atoms with Gasteiger partial charge in [-0.15, -0.1) is 0 Å². The molecule has 0 fully saturated rings. The number of phenols is 1. The van der Waals surface area contributed by atoms with Crippen molar-refractivity contribution in [2.75, 3.05) is 6.54 Å². The van der Waals surface area contributed by atoms with Crippen molar-refractivity contribution in [2.24, 2.45) is 0 Å². The Morgan fingerprint density at radius 2 is 1.63 bits per heavy atom. The van der Waals surface area contributed by atoms with Crippen molar-refractivity contribution in [3.63, 3.8) is 0 Å². The smallest absolute Gasteiger partial charge is 0.115 e. The van der Waals surface area contributed by atoms with Crippen LogP contribution in [0.5, 0.6) is 5.75 Å². The molecule has 0 aliphatic rings. The highest BCUT2D eigenvalue weighted by molar-refractivity contribution is 5.29. The molecule has 0 saturated carbocycles. The Balaban J connectivity index is 2.15. The van der Waals surface area contributed by atoms with Gasteiger partial charge in [-0.25, -0.2) is 0 Å². The second-order valence-electron chi connectivity index (χ2n) is 4.89. The summed E-state index contributed by atoms with van der Waals surface area (Å²) in [5.41, 5.74) is 3.81. The first-order valence-corrected chi connectivity index (χ1v) is 6.77. The maximum atomic E-state index is 9.33. The molecule has 1 unspecified atom stereocenters. The number of likely N-dealkylation sites (N-methyl/N-ethyl adjacent to an activating group) is 1. The van der Waals surface area contributed by atoms with Gasteiger partial charge in [-0.3, -0.25) is 0 Å². The zero-order valence-corrected chi connectivity index (χ0v) is 11.6. The Morgan fingerprint density at radius 3 is 2.21 bits per heavy atom. The van der Waals surface area contributed by atoms with Gasteiger partial charge in [-0.05, 0) is 43.1 Å². The zero-order chi connectivity index (χ0) is 13.7. The Labute approximate surface area is 115 Å². The lowest BCUT2D eigenvalue weighted by atomic mass is 9.98. The highest BCUT2D eigenvalue weighted by Gasteiger charge is 2.10. The summed E-state index contributed by atoms with van der Waals surface area (Å²) in [6.07, 6.45) is 0.928. The molecule has 0 spiro atoms. The summed E-state index contributed by atoms with van der Waals surface area (Å²) >= 11 is 0. The summed E-state index contributed by atoms with van der Waals surface area (Å²) in [6.45, 7) is 5.17. The van der Waals surface area contributed by atoms with E-state index in [9.17, 15) is 5.11 Å². The molecule has 0 aliphatic heterocycles. The number of hydrogen-bond acceptors (Lipinski definition) is 2. The van der Waals surface area contributed by atoms with Gasteiger partial charge in [-0.2, -0.15) is 0 Å². The molecule has 2 N–H and O–H groups in total. The van der Waals surface area contributed by atoms with Gasteiger partial charge >= 0.3 is 0 Å². The van der Waals surface area contributed by atoms with Gasteiger partial charge in [0.05, 0.1) is 0 Å². The van der Waals surface area contributed by atoms with Crippen molar-refractivity contribution in [3.05, 3.63) is 65.2 Å². The molecule has 0 amide bonds. The fourth-order valence-electron chi connectivity index (χ4n) is 2.22. The predicted octanol–water partition coefficient (Wildman–Crippen LogP) is 3.59. The Kier molecular flexibility index (Phi) is 4.58. The van der Waals surface area contributed by atoms with Crippen LogP contribution in [0.2, 0.25) is 0 Å². The van der Waals surface area contributed by atoms with Crippen LogP contribution in [0.15, 0.2) is 48.5 Å². The second kappa shape index (κ2) is 6.39. The van der Waals surface area contributed by atoms with Gasteiger partial charge in [0, 0.05) is 6.04 Å². The monoisotopic (exact) mass is 255 g/mol. The average Bonchev–Trinajstić information content (AvgIpc) is 2.42. The molecule has 0 heterocycles. The normalized spacial score (nSPS) is 12.3. The molecule has 2 nitrogen and oxygen atoms in total. The molecule has 0 bridgehead atoms. The van der Waals surface area contributed by atoms with Crippen LogP contribution in [0.3, 0.4) is 0 Å². The Hall–Kier alpha value is -1.80. The van der Waals surface area contributed by atoms with Crippen molar-refractivity contribution >= 4 is 0 Å². The van der Waals surface area contributed by atoms with Crippen LogP contribution in [0.4, 0.5) is 0 Å². The summed E-state index contributed by atoms with van der Waals surface area (Å²) in [5.74, 6) is 0.319. The number of aromatic hydroxyl groups is 1. The Morgan fingerprint density at radius 1 is 1.00 bits per heavy atom. The van der Waals surface area contributed by atoms with Crippen molar-refractivity contribution in [1.29, 1.82) is 0 Å². The third-order valence-electron chi connectivity index (χ3n) is 3.31. The molecular formula is C17H21NO. The van der Waals surface area contributed by atoms with E-state index >= 15 is 0 Å². The van der Waals surface area contributed by atoms with E-state index < -0.39 is 0 Å². The van der Waals surface area contributed by atoms with E-state index in [0.29, 0.717) is 11.8 Å². The summed E-state index contributed by atoms with van der Waals surface area (Å²) in [6, 6.07) is 16.4. The highest BCUT2D eigenvalue weighted by Crippen LogP contribution is 2.20. The van der Waals surface area contributed by atoms with E-state index in [1.807, 2.05) is 12.1 Å². The molecule has 0 radical (unpaired) electrons. The van der Waals surface area contributed by atoms with Gasteiger partial charge in [-0.1, -0.05) is 48.9 Å². The number of hydrogen-bond donors (Lipinski definition) is 2. The summed E-state index contributed by atoms with van der Waals surface area (Å²) < 4.78 is 0. The van der Waals surface area contributed by atoms with Crippen LogP contribution in [0.25, 0.3) is 0 Å². The van der Waals surface area contributed by atoms with Gasteiger partial charge in [0.2, 0.25) is 0 Å². The van der Waals surface area contributed by atoms with Gasteiger partial charge in [0.25, 0.3) is 0 Å². The number of nitrogens with one attached hydrogen (secondary N) is 1. The summed E-state index contributed by atoms with van der Waals surface area (Å²) in [5, 5.41) is 12.8. The first-order valence-electron chi connectivity index (χ1n) is 6.77. The lowest BCUT2D eigenvalue weighted by molar-refractivity contribution is 0.474. The number of benzene rings is 2. The molecule has 100 valence electrons. The minimum Gasteiger partial charge on any atom is -0.508 e. The molecule has 1 atom stereocenters. The standard InChI is InChI=1S/C17H21NO/c1-3-18-17(15-8-4-13(2)5-9-15)12-14-6-10-16(19)11-7-14/h4-11,17-19H,3,12H2,1-2H3. The van der Waals surface area contributed by atoms with E-state index in [1.54, 1.807) is 12.1 Å². The number of phenolic OH excluding ortho intramolecular Hbond substituents is 1. The number of aryl methyl sites for hydroxylation is 1. The van der Waals surface area contributed by atoms with Gasteiger partial charge in [0.15, 0.2) is 0 Å². The van der Waals surface area contributed by atoms with Crippen LogP contribution >= 0.6 is 0 Å². The van der Waals surface area contributed by atoms with Crippen LogP contribution < -0.4 is 5.32 Å². The topological polar surface area (TPSA) is 32.3 Å². The zero-order valence-electron chi connectivity index (χ0n) is 11.6. The maximum absolute atomic E-state index is 9.33. The maximum Gasteiger partial charge on any atom is 0.115 e. The molecule has 19 heavy (non-hydrogen) atoms. The largest absolute Gasteiger partial charge is 0.508 e. The molecule has 0 saturated heterocycles. The molecule has 2 rings (SSSR count). The molecule has 2 aromatic carbocycles. The van der Waals surface area contributed by atoms with E-state index in [1.165, 1.54) is 16.7 Å². The van der Waals surface area contributed by atoms with Crippen LogP contribution in [-0.4, -0.2) is 11.7 Å². The minimum atomic E-state index is 0.315. The molecule has 0 aliphatic carbocycles. The van der Waals surface area contributed by atoms with E-state index in [-0.39, 0.29) is 0 Å². The molecular weight excluding hydrogens is 234 g/mol. The predicted molar refractivity (Wildman–Crippen MR) is 79.4 cm³/mol. The average molecular weight is 255 g/mol. The van der Waals surface area contributed by atoms with Crippen LogP contribution in [0.1, 0.15) is 29.7 Å². The van der Waals surface area contributed by atoms with E-state index in [4.69, 9.17) is 0 Å². The van der Waals surface area contributed by atoms with E-state index in [2.05, 4.69) is 43.4 Å².